The van der Waals surface area contributed by atoms with Crippen molar-refractivity contribution in [2.75, 3.05) is 23.7 Å². The van der Waals surface area contributed by atoms with E-state index in [0.717, 1.165) is 37.3 Å². The minimum absolute atomic E-state index is 0.614. The van der Waals surface area contributed by atoms with E-state index in [9.17, 15) is 0 Å². The molecule has 16 heavy (non-hydrogen) atoms. The van der Waals surface area contributed by atoms with Gasteiger partial charge in [0.15, 0.2) is 0 Å². The van der Waals surface area contributed by atoms with Crippen LogP contribution in [0.1, 0.15) is 26.2 Å². The summed E-state index contributed by atoms with van der Waals surface area (Å²) in [6, 6.07) is 10.1. The van der Waals surface area contributed by atoms with Crippen LogP contribution in [0.25, 0.3) is 0 Å². The van der Waals surface area contributed by atoms with Gasteiger partial charge in [-0.3, -0.25) is 0 Å². The van der Waals surface area contributed by atoms with Crippen LogP contribution >= 0.6 is 0 Å². The largest absolute Gasteiger partial charge is 0.399 e. The van der Waals surface area contributed by atoms with E-state index >= 15 is 0 Å². The van der Waals surface area contributed by atoms with Crippen LogP contribution in [-0.4, -0.2) is 13.1 Å². The molecule has 3 nitrogen and oxygen atoms in total. The molecule has 0 radical (unpaired) electrons. The summed E-state index contributed by atoms with van der Waals surface area (Å²) in [5.74, 6) is 0. The smallest absolute Gasteiger partial charge is 0.0622 e. The van der Waals surface area contributed by atoms with Crippen molar-refractivity contribution in [3.05, 3.63) is 24.3 Å². The standard InChI is InChI=1S/C13H19N3/c1-2-9-16(10-4-3-8-14)13-7-5-6-12(15)11-13/h5-7,11H,2-4,9-10,15H2,1H3. The number of anilines is 2. The number of nitrogens with two attached hydrogens (primary N) is 1. The maximum Gasteiger partial charge on any atom is 0.0622 e. The van der Waals surface area contributed by atoms with Gasteiger partial charge in [-0.2, -0.15) is 5.26 Å². The highest BCUT2D eigenvalue weighted by Crippen LogP contribution is 2.18. The molecule has 0 saturated carbocycles. The van der Waals surface area contributed by atoms with Crippen molar-refractivity contribution in [1.82, 2.24) is 0 Å². The summed E-state index contributed by atoms with van der Waals surface area (Å²) < 4.78 is 0. The van der Waals surface area contributed by atoms with Crippen LogP contribution in [0.4, 0.5) is 11.4 Å². The van der Waals surface area contributed by atoms with Gasteiger partial charge in [0.1, 0.15) is 0 Å². The lowest BCUT2D eigenvalue weighted by atomic mass is 10.2. The van der Waals surface area contributed by atoms with E-state index in [2.05, 4.69) is 24.0 Å². The molecule has 0 heterocycles. The summed E-state index contributed by atoms with van der Waals surface area (Å²) in [6.07, 6.45) is 2.62. The Hall–Kier alpha value is -1.69. The molecule has 86 valence electrons. The Balaban J connectivity index is 2.65. The monoisotopic (exact) mass is 217 g/mol. The van der Waals surface area contributed by atoms with E-state index in [-0.39, 0.29) is 0 Å². The predicted octanol–water partition coefficient (Wildman–Crippen LogP) is 2.79. The second-order valence-electron chi connectivity index (χ2n) is 3.84. The average Bonchev–Trinajstić information content (AvgIpc) is 2.28. The summed E-state index contributed by atoms with van der Waals surface area (Å²) in [7, 11) is 0. The topological polar surface area (TPSA) is 53.0 Å². The van der Waals surface area contributed by atoms with Crippen molar-refractivity contribution < 1.29 is 0 Å². The zero-order valence-corrected chi connectivity index (χ0v) is 9.82. The third-order valence-corrected chi connectivity index (χ3v) is 2.45. The van der Waals surface area contributed by atoms with Crippen LogP contribution in [-0.2, 0) is 0 Å². The summed E-state index contributed by atoms with van der Waals surface area (Å²) in [5, 5.41) is 8.54. The predicted molar refractivity (Wildman–Crippen MR) is 68.2 cm³/mol. The molecule has 1 aromatic carbocycles. The van der Waals surface area contributed by atoms with E-state index in [1.54, 1.807) is 0 Å². The fourth-order valence-corrected chi connectivity index (χ4v) is 1.71. The highest BCUT2D eigenvalue weighted by Gasteiger charge is 2.04. The highest BCUT2D eigenvalue weighted by atomic mass is 15.1. The fraction of sp³-hybridized carbons (Fsp3) is 0.462. The van der Waals surface area contributed by atoms with Gasteiger partial charge in [-0.1, -0.05) is 13.0 Å². The molecule has 0 saturated heterocycles. The van der Waals surface area contributed by atoms with Crippen LogP contribution in [0.2, 0.25) is 0 Å². The van der Waals surface area contributed by atoms with E-state index in [1.165, 1.54) is 0 Å². The Bertz CT molecular complexity index is 354. The first-order chi connectivity index (χ1) is 7.77. The van der Waals surface area contributed by atoms with Gasteiger partial charge in [0.25, 0.3) is 0 Å². The van der Waals surface area contributed by atoms with Crippen LogP contribution in [0.3, 0.4) is 0 Å². The summed E-state index contributed by atoms with van der Waals surface area (Å²) in [6.45, 7) is 4.09. The van der Waals surface area contributed by atoms with Crippen LogP contribution in [0, 0.1) is 11.3 Å². The van der Waals surface area contributed by atoms with Gasteiger partial charge >= 0.3 is 0 Å². The first-order valence-corrected chi connectivity index (χ1v) is 5.75. The second-order valence-corrected chi connectivity index (χ2v) is 3.84. The molecule has 0 spiro atoms. The van der Waals surface area contributed by atoms with Crippen molar-refractivity contribution in [1.29, 1.82) is 5.26 Å². The average molecular weight is 217 g/mol. The summed E-state index contributed by atoms with van der Waals surface area (Å²) in [4.78, 5) is 2.29. The Labute approximate surface area is 97.5 Å². The molecule has 0 aromatic heterocycles. The van der Waals surface area contributed by atoms with Gasteiger partial charge in [0, 0.05) is 30.9 Å². The van der Waals surface area contributed by atoms with Crippen molar-refractivity contribution in [3.63, 3.8) is 0 Å². The molecule has 1 rings (SSSR count). The quantitative estimate of drug-likeness (QED) is 0.589. The number of nitrogens with zero attached hydrogens (tertiary/aromatic N) is 2. The Morgan fingerprint density at radius 3 is 2.81 bits per heavy atom. The van der Waals surface area contributed by atoms with Crippen molar-refractivity contribution in [3.8, 4) is 6.07 Å². The minimum Gasteiger partial charge on any atom is -0.399 e. The van der Waals surface area contributed by atoms with Gasteiger partial charge in [-0.05, 0) is 31.0 Å². The molecule has 0 unspecified atom stereocenters. The molecular weight excluding hydrogens is 198 g/mol. The van der Waals surface area contributed by atoms with E-state index in [0.29, 0.717) is 6.42 Å². The first-order valence-electron chi connectivity index (χ1n) is 5.75. The second kappa shape index (κ2) is 6.73. The van der Waals surface area contributed by atoms with Crippen molar-refractivity contribution in [2.24, 2.45) is 0 Å². The number of hydrogen-bond donors (Lipinski definition) is 1. The zero-order valence-electron chi connectivity index (χ0n) is 9.82. The highest BCUT2D eigenvalue weighted by molar-refractivity contribution is 5.55. The third kappa shape index (κ3) is 3.82. The number of unbranched alkanes of at least 4 members (excludes halogenated alkanes) is 1. The van der Waals surface area contributed by atoms with E-state index < -0.39 is 0 Å². The van der Waals surface area contributed by atoms with Gasteiger partial charge in [0.2, 0.25) is 0 Å². The lowest BCUT2D eigenvalue weighted by Gasteiger charge is -2.24. The van der Waals surface area contributed by atoms with Crippen LogP contribution in [0.15, 0.2) is 24.3 Å². The Kier molecular flexibility index (Phi) is 5.21. The maximum atomic E-state index is 8.54. The van der Waals surface area contributed by atoms with Gasteiger partial charge in [-0.25, -0.2) is 0 Å². The lowest BCUT2D eigenvalue weighted by molar-refractivity contribution is 0.724. The van der Waals surface area contributed by atoms with Crippen molar-refractivity contribution >= 4 is 11.4 Å². The van der Waals surface area contributed by atoms with Gasteiger partial charge in [0.05, 0.1) is 6.07 Å². The number of nitriles is 1. The van der Waals surface area contributed by atoms with Gasteiger partial charge < -0.3 is 10.6 Å². The van der Waals surface area contributed by atoms with Gasteiger partial charge in [-0.15, -0.1) is 0 Å². The molecule has 0 aliphatic heterocycles. The molecule has 3 heteroatoms. The van der Waals surface area contributed by atoms with Crippen molar-refractivity contribution in [2.45, 2.75) is 26.2 Å². The molecule has 2 N–H and O–H groups in total. The normalized spacial score (nSPS) is 9.75. The molecule has 0 fully saturated rings. The Morgan fingerprint density at radius 2 is 2.19 bits per heavy atom. The number of rotatable bonds is 6. The SMILES string of the molecule is CCCN(CCCC#N)c1cccc(N)c1. The van der Waals surface area contributed by atoms with E-state index in [4.69, 9.17) is 11.0 Å². The Morgan fingerprint density at radius 1 is 1.38 bits per heavy atom. The van der Waals surface area contributed by atoms with E-state index in [1.807, 2.05) is 18.2 Å². The molecule has 0 amide bonds. The molecule has 0 atom stereocenters. The molecule has 0 aliphatic carbocycles. The van der Waals surface area contributed by atoms with Crippen LogP contribution in [0.5, 0.6) is 0 Å². The summed E-state index contributed by atoms with van der Waals surface area (Å²) >= 11 is 0. The molecule has 1 aromatic rings. The van der Waals surface area contributed by atoms with Crippen LogP contribution < -0.4 is 10.6 Å². The minimum atomic E-state index is 0.614. The molecule has 0 bridgehead atoms. The molecule has 0 aliphatic rings. The lowest BCUT2D eigenvalue weighted by Crippen LogP contribution is -2.25. The number of nitrogen functional groups attached to an aromatic ring is 1. The molecular formula is C13H19N3. The number of benzene rings is 1. The summed E-state index contributed by atoms with van der Waals surface area (Å²) in [5.41, 5.74) is 7.71. The maximum absolute atomic E-state index is 8.54. The number of hydrogen-bond acceptors (Lipinski definition) is 3. The third-order valence-electron chi connectivity index (χ3n) is 2.45. The zero-order chi connectivity index (χ0) is 11.8. The first kappa shape index (κ1) is 12.4. The fourth-order valence-electron chi connectivity index (χ4n) is 1.71.